The molecule has 0 aromatic rings. The van der Waals surface area contributed by atoms with E-state index in [0.717, 1.165) is 12.8 Å². The molecule has 16 heavy (non-hydrogen) atoms. The van der Waals surface area contributed by atoms with Crippen LogP contribution < -0.4 is 5.32 Å². The SMILES string of the molecule is CC(C)NC(=O)CN(C)C1CCC(=O)CC1. The average Bonchev–Trinajstić information content (AvgIpc) is 2.16. The lowest BCUT2D eigenvalue weighted by Crippen LogP contribution is -2.43. The van der Waals surface area contributed by atoms with E-state index in [1.54, 1.807) is 0 Å². The summed E-state index contributed by atoms with van der Waals surface area (Å²) in [4.78, 5) is 24.7. The summed E-state index contributed by atoms with van der Waals surface area (Å²) in [5, 5.41) is 2.87. The second-order valence-electron chi connectivity index (χ2n) is 4.91. The van der Waals surface area contributed by atoms with Crippen LogP contribution in [0.25, 0.3) is 0 Å². The third-order valence-corrected chi connectivity index (χ3v) is 2.98. The van der Waals surface area contributed by atoms with Crippen molar-refractivity contribution >= 4 is 11.7 Å². The lowest BCUT2D eigenvalue weighted by Gasteiger charge is -2.30. The van der Waals surface area contributed by atoms with Gasteiger partial charge in [0.25, 0.3) is 0 Å². The molecule has 0 aromatic heterocycles. The fourth-order valence-electron chi connectivity index (χ4n) is 2.09. The monoisotopic (exact) mass is 226 g/mol. The molecule has 1 rings (SSSR count). The van der Waals surface area contributed by atoms with E-state index in [1.807, 2.05) is 20.9 Å². The average molecular weight is 226 g/mol. The van der Waals surface area contributed by atoms with E-state index in [9.17, 15) is 9.59 Å². The quantitative estimate of drug-likeness (QED) is 0.776. The predicted molar refractivity (Wildman–Crippen MR) is 63.2 cm³/mol. The first kappa shape index (κ1) is 13.2. The van der Waals surface area contributed by atoms with Crippen LogP contribution in [0.3, 0.4) is 0 Å². The van der Waals surface area contributed by atoms with Gasteiger partial charge in [-0.3, -0.25) is 14.5 Å². The number of hydrogen-bond acceptors (Lipinski definition) is 3. The third kappa shape index (κ3) is 4.31. The van der Waals surface area contributed by atoms with Gasteiger partial charge in [-0.1, -0.05) is 0 Å². The number of rotatable bonds is 4. The number of nitrogens with zero attached hydrogens (tertiary/aromatic N) is 1. The molecule has 0 bridgehead atoms. The number of carbonyl (C=O) groups excluding carboxylic acids is 2. The van der Waals surface area contributed by atoms with Gasteiger partial charge in [0.2, 0.25) is 5.91 Å². The first-order valence-electron chi connectivity index (χ1n) is 6.00. The van der Waals surface area contributed by atoms with Crippen molar-refractivity contribution in [2.45, 2.75) is 51.6 Å². The van der Waals surface area contributed by atoms with Gasteiger partial charge in [-0.15, -0.1) is 0 Å². The van der Waals surface area contributed by atoms with Crippen LogP contribution in [-0.4, -0.2) is 42.3 Å². The summed E-state index contributed by atoms with van der Waals surface area (Å²) in [6, 6.07) is 0.574. The normalized spacial score (nSPS) is 18.2. The van der Waals surface area contributed by atoms with Crippen LogP contribution in [0.5, 0.6) is 0 Å². The number of nitrogens with one attached hydrogen (secondary N) is 1. The molecular formula is C12H22N2O2. The maximum atomic E-state index is 11.6. The minimum Gasteiger partial charge on any atom is -0.353 e. The highest BCUT2D eigenvalue weighted by molar-refractivity contribution is 5.79. The van der Waals surface area contributed by atoms with Crippen molar-refractivity contribution < 1.29 is 9.59 Å². The topological polar surface area (TPSA) is 49.4 Å². The van der Waals surface area contributed by atoms with E-state index in [1.165, 1.54) is 0 Å². The molecule has 0 spiro atoms. The van der Waals surface area contributed by atoms with E-state index in [4.69, 9.17) is 0 Å². The Morgan fingerprint density at radius 3 is 2.50 bits per heavy atom. The molecule has 1 fully saturated rings. The molecule has 1 amide bonds. The molecule has 4 heteroatoms. The third-order valence-electron chi connectivity index (χ3n) is 2.98. The van der Waals surface area contributed by atoms with Crippen molar-refractivity contribution in [2.24, 2.45) is 0 Å². The Morgan fingerprint density at radius 2 is 2.00 bits per heavy atom. The van der Waals surface area contributed by atoms with E-state index >= 15 is 0 Å². The Kier molecular flexibility index (Phi) is 4.93. The second kappa shape index (κ2) is 5.99. The van der Waals surface area contributed by atoms with Crippen molar-refractivity contribution in [3.63, 3.8) is 0 Å². The summed E-state index contributed by atoms with van der Waals surface area (Å²) in [6.07, 6.45) is 3.12. The van der Waals surface area contributed by atoms with Crippen molar-refractivity contribution in [2.75, 3.05) is 13.6 Å². The van der Waals surface area contributed by atoms with Gasteiger partial charge in [0, 0.05) is 24.9 Å². The van der Waals surface area contributed by atoms with Crippen molar-refractivity contribution in [1.29, 1.82) is 0 Å². The Labute approximate surface area is 97.4 Å². The fraction of sp³-hybridized carbons (Fsp3) is 0.833. The molecular weight excluding hydrogens is 204 g/mol. The molecule has 1 aliphatic rings. The summed E-state index contributed by atoms with van der Waals surface area (Å²) in [7, 11) is 1.96. The molecule has 0 unspecified atom stereocenters. The minimum atomic E-state index is 0.0643. The molecule has 0 aliphatic heterocycles. The first-order chi connectivity index (χ1) is 7.49. The molecule has 0 aromatic carbocycles. The Hall–Kier alpha value is -0.900. The molecule has 92 valence electrons. The Bertz CT molecular complexity index is 254. The van der Waals surface area contributed by atoms with Crippen molar-refractivity contribution in [1.82, 2.24) is 10.2 Å². The van der Waals surface area contributed by atoms with Gasteiger partial charge in [0.15, 0.2) is 0 Å². The lowest BCUT2D eigenvalue weighted by molar-refractivity contribution is -0.123. The summed E-state index contributed by atoms with van der Waals surface area (Å²) in [5.41, 5.74) is 0. The number of hydrogen-bond donors (Lipinski definition) is 1. The second-order valence-corrected chi connectivity index (χ2v) is 4.91. The number of carbonyl (C=O) groups is 2. The highest BCUT2D eigenvalue weighted by atomic mass is 16.2. The van der Waals surface area contributed by atoms with Gasteiger partial charge >= 0.3 is 0 Å². The molecule has 1 N–H and O–H groups in total. The van der Waals surface area contributed by atoms with Crippen LogP contribution in [0.4, 0.5) is 0 Å². The zero-order valence-electron chi connectivity index (χ0n) is 10.5. The Balaban J connectivity index is 2.31. The summed E-state index contributed by atoms with van der Waals surface area (Å²) in [5.74, 6) is 0.422. The van der Waals surface area contributed by atoms with E-state index in [0.29, 0.717) is 31.2 Å². The van der Waals surface area contributed by atoms with Crippen LogP contribution in [0.15, 0.2) is 0 Å². The zero-order valence-corrected chi connectivity index (χ0v) is 10.5. The summed E-state index contributed by atoms with van der Waals surface area (Å²) in [6.45, 7) is 4.34. The Morgan fingerprint density at radius 1 is 1.44 bits per heavy atom. The molecule has 4 nitrogen and oxygen atoms in total. The van der Waals surface area contributed by atoms with Crippen LogP contribution in [0.1, 0.15) is 39.5 Å². The smallest absolute Gasteiger partial charge is 0.234 e. The molecule has 1 saturated carbocycles. The van der Waals surface area contributed by atoms with Crippen LogP contribution in [-0.2, 0) is 9.59 Å². The highest BCUT2D eigenvalue weighted by Gasteiger charge is 2.23. The predicted octanol–water partition coefficient (Wildman–Crippen LogP) is 0.954. The standard InChI is InChI=1S/C12H22N2O2/c1-9(2)13-12(16)8-14(3)10-4-6-11(15)7-5-10/h9-10H,4-8H2,1-3H3,(H,13,16). The maximum Gasteiger partial charge on any atom is 0.234 e. The first-order valence-corrected chi connectivity index (χ1v) is 6.00. The van der Waals surface area contributed by atoms with E-state index < -0.39 is 0 Å². The van der Waals surface area contributed by atoms with Gasteiger partial charge in [-0.2, -0.15) is 0 Å². The number of ketones is 1. The number of Topliss-reactive ketones (excluding diaryl/α,β-unsaturated/α-hetero) is 1. The molecule has 0 heterocycles. The highest BCUT2D eigenvalue weighted by Crippen LogP contribution is 2.18. The van der Waals surface area contributed by atoms with Crippen LogP contribution >= 0.6 is 0 Å². The lowest BCUT2D eigenvalue weighted by atomic mass is 9.93. The summed E-state index contributed by atoms with van der Waals surface area (Å²) < 4.78 is 0. The van der Waals surface area contributed by atoms with Gasteiger partial charge < -0.3 is 5.32 Å². The van der Waals surface area contributed by atoms with Crippen LogP contribution in [0.2, 0.25) is 0 Å². The molecule has 0 atom stereocenters. The van der Waals surface area contributed by atoms with Gasteiger partial charge in [0.05, 0.1) is 6.54 Å². The van der Waals surface area contributed by atoms with Gasteiger partial charge in [0.1, 0.15) is 5.78 Å². The van der Waals surface area contributed by atoms with Crippen molar-refractivity contribution in [3.8, 4) is 0 Å². The zero-order chi connectivity index (χ0) is 12.1. The van der Waals surface area contributed by atoms with E-state index in [-0.39, 0.29) is 11.9 Å². The molecule has 1 aliphatic carbocycles. The largest absolute Gasteiger partial charge is 0.353 e. The fourth-order valence-corrected chi connectivity index (χ4v) is 2.09. The van der Waals surface area contributed by atoms with Crippen molar-refractivity contribution in [3.05, 3.63) is 0 Å². The van der Waals surface area contributed by atoms with Crippen LogP contribution in [0, 0.1) is 0 Å². The molecule has 0 radical (unpaired) electrons. The number of amides is 1. The number of likely N-dealkylation sites (N-methyl/N-ethyl adjacent to an activating group) is 1. The van der Waals surface area contributed by atoms with Gasteiger partial charge in [-0.05, 0) is 33.7 Å². The van der Waals surface area contributed by atoms with E-state index in [2.05, 4.69) is 10.2 Å². The minimum absolute atomic E-state index is 0.0643. The summed E-state index contributed by atoms with van der Waals surface area (Å²) >= 11 is 0. The molecule has 0 saturated heterocycles. The maximum absolute atomic E-state index is 11.6. The van der Waals surface area contributed by atoms with Gasteiger partial charge in [-0.25, -0.2) is 0 Å².